The number of carbonyl (C=O) groups excluding carboxylic acids is 1. The molecule has 0 aliphatic heterocycles. The van der Waals surface area contributed by atoms with Gasteiger partial charge in [-0.05, 0) is 29.8 Å². The van der Waals surface area contributed by atoms with Crippen LogP contribution in [0.5, 0.6) is 0 Å². The van der Waals surface area contributed by atoms with Crippen molar-refractivity contribution in [2.24, 2.45) is 0 Å². The van der Waals surface area contributed by atoms with Crippen LogP contribution >= 0.6 is 0 Å². The van der Waals surface area contributed by atoms with Gasteiger partial charge in [0.15, 0.2) is 0 Å². The number of carbonyl (C=O) groups is 1. The Bertz CT molecular complexity index is 549. The molecule has 1 heterocycles. The van der Waals surface area contributed by atoms with Crippen LogP contribution in [0.1, 0.15) is 30.8 Å². The molecule has 1 amide bonds. The van der Waals surface area contributed by atoms with Crippen molar-refractivity contribution in [1.29, 1.82) is 0 Å². The van der Waals surface area contributed by atoms with E-state index in [2.05, 4.69) is 10.6 Å². The summed E-state index contributed by atoms with van der Waals surface area (Å²) in [5.41, 5.74) is 1.54. The van der Waals surface area contributed by atoms with Crippen molar-refractivity contribution in [2.45, 2.75) is 26.0 Å². The molecule has 0 bridgehead atoms. The number of aliphatic hydroxyl groups is 1. The average Bonchev–Trinajstić information content (AvgIpc) is 3.01. The minimum Gasteiger partial charge on any atom is -0.468 e. The van der Waals surface area contributed by atoms with E-state index in [0.29, 0.717) is 19.5 Å². The molecule has 5 nitrogen and oxygen atoms in total. The maximum absolute atomic E-state index is 11.3. The highest BCUT2D eigenvalue weighted by Crippen LogP contribution is 2.16. The fourth-order valence-corrected chi connectivity index (χ4v) is 1.90. The summed E-state index contributed by atoms with van der Waals surface area (Å²) in [6.45, 7) is 2.81. The van der Waals surface area contributed by atoms with E-state index < -0.39 is 6.10 Å². The van der Waals surface area contributed by atoms with Gasteiger partial charge < -0.3 is 20.2 Å². The molecule has 2 aromatic rings. The molecule has 21 heavy (non-hydrogen) atoms. The summed E-state index contributed by atoms with van der Waals surface area (Å²) in [4.78, 5) is 11.3. The van der Waals surface area contributed by atoms with E-state index in [1.165, 1.54) is 0 Å². The number of anilines is 1. The topological polar surface area (TPSA) is 74.5 Å². The molecule has 1 aromatic heterocycles. The van der Waals surface area contributed by atoms with Gasteiger partial charge in [-0.3, -0.25) is 4.79 Å². The molecule has 0 spiro atoms. The van der Waals surface area contributed by atoms with E-state index in [1.807, 2.05) is 24.3 Å². The van der Waals surface area contributed by atoms with Gasteiger partial charge >= 0.3 is 0 Å². The fourth-order valence-electron chi connectivity index (χ4n) is 1.90. The first-order valence-corrected chi connectivity index (χ1v) is 7.00. The van der Waals surface area contributed by atoms with Crippen molar-refractivity contribution in [3.05, 3.63) is 54.0 Å². The highest BCUT2D eigenvalue weighted by molar-refractivity contribution is 5.90. The lowest BCUT2D eigenvalue weighted by Crippen LogP contribution is -2.20. The summed E-state index contributed by atoms with van der Waals surface area (Å²) in [6.07, 6.45) is 1.47. The van der Waals surface area contributed by atoms with Crippen molar-refractivity contribution in [2.75, 3.05) is 11.9 Å². The summed E-state index contributed by atoms with van der Waals surface area (Å²) in [5, 5.41) is 16.0. The number of aliphatic hydroxyl groups excluding tert-OH is 1. The maximum atomic E-state index is 11.3. The van der Waals surface area contributed by atoms with Crippen LogP contribution in [-0.4, -0.2) is 17.6 Å². The molecule has 0 aliphatic carbocycles. The predicted molar refractivity (Wildman–Crippen MR) is 80.7 cm³/mol. The average molecular weight is 288 g/mol. The van der Waals surface area contributed by atoms with Gasteiger partial charge in [0.25, 0.3) is 0 Å². The molecule has 0 saturated carbocycles. The first-order chi connectivity index (χ1) is 10.2. The van der Waals surface area contributed by atoms with E-state index >= 15 is 0 Å². The Hall–Kier alpha value is -2.11. The molecule has 1 unspecified atom stereocenters. The van der Waals surface area contributed by atoms with Gasteiger partial charge in [-0.25, -0.2) is 0 Å². The molecule has 0 radical (unpaired) electrons. The van der Waals surface area contributed by atoms with E-state index in [1.54, 1.807) is 25.3 Å². The van der Waals surface area contributed by atoms with Crippen LogP contribution in [0.4, 0.5) is 5.69 Å². The van der Waals surface area contributed by atoms with Crippen LogP contribution in [0.2, 0.25) is 0 Å². The summed E-state index contributed by atoms with van der Waals surface area (Å²) in [6, 6.07) is 10.9. The molecule has 0 saturated heterocycles. The standard InChI is InChI=1S/C16H20N2O3/c1-2-16(20)18-13-7-5-12(6-8-13)15(19)11-17-10-14-4-3-9-21-14/h3-9,15,17,19H,2,10-11H2,1H3,(H,18,20). The third kappa shape index (κ3) is 4.73. The third-order valence-electron chi connectivity index (χ3n) is 3.12. The number of nitrogens with one attached hydrogen (secondary N) is 2. The minimum atomic E-state index is -0.601. The van der Waals surface area contributed by atoms with Gasteiger partial charge in [-0.2, -0.15) is 0 Å². The van der Waals surface area contributed by atoms with Crippen LogP contribution in [0.15, 0.2) is 47.1 Å². The number of amides is 1. The Morgan fingerprint density at radius 1 is 1.29 bits per heavy atom. The van der Waals surface area contributed by atoms with Crippen molar-refractivity contribution >= 4 is 11.6 Å². The predicted octanol–water partition coefficient (Wildman–Crippen LogP) is 2.45. The number of hydrogen-bond donors (Lipinski definition) is 3. The van der Waals surface area contributed by atoms with E-state index in [9.17, 15) is 9.90 Å². The number of benzene rings is 1. The Labute approximate surface area is 124 Å². The number of rotatable bonds is 7. The summed E-state index contributed by atoms with van der Waals surface area (Å²) < 4.78 is 5.20. The lowest BCUT2D eigenvalue weighted by atomic mass is 10.1. The molecule has 5 heteroatoms. The molecule has 3 N–H and O–H groups in total. The molecular formula is C16H20N2O3. The van der Waals surface area contributed by atoms with Crippen LogP contribution in [0.25, 0.3) is 0 Å². The maximum Gasteiger partial charge on any atom is 0.224 e. The normalized spacial score (nSPS) is 12.1. The Kier molecular flexibility index (Phi) is 5.54. The first kappa shape index (κ1) is 15.3. The van der Waals surface area contributed by atoms with Gasteiger partial charge in [0.1, 0.15) is 5.76 Å². The minimum absolute atomic E-state index is 0.0246. The third-order valence-corrected chi connectivity index (χ3v) is 3.12. The fraction of sp³-hybridized carbons (Fsp3) is 0.312. The monoisotopic (exact) mass is 288 g/mol. The second kappa shape index (κ2) is 7.61. The quantitative estimate of drug-likeness (QED) is 0.731. The van der Waals surface area contributed by atoms with E-state index in [-0.39, 0.29) is 5.91 Å². The van der Waals surface area contributed by atoms with Gasteiger partial charge in [-0.15, -0.1) is 0 Å². The molecule has 112 valence electrons. The zero-order chi connectivity index (χ0) is 15.1. The summed E-state index contributed by atoms with van der Waals surface area (Å²) in [5.74, 6) is 0.809. The second-order valence-corrected chi connectivity index (χ2v) is 4.75. The second-order valence-electron chi connectivity index (χ2n) is 4.75. The zero-order valence-electron chi connectivity index (χ0n) is 12.0. The van der Waals surface area contributed by atoms with Gasteiger partial charge in [-0.1, -0.05) is 19.1 Å². The van der Waals surface area contributed by atoms with Crippen LogP contribution in [0, 0.1) is 0 Å². The zero-order valence-corrected chi connectivity index (χ0v) is 12.0. The SMILES string of the molecule is CCC(=O)Nc1ccc(C(O)CNCc2ccco2)cc1. The molecule has 1 atom stereocenters. The van der Waals surface area contributed by atoms with Crippen molar-refractivity contribution in [3.63, 3.8) is 0 Å². The molecule has 2 rings (SSSR count). The summed E-state index contributed by atoms with van der Waals surface area (Å²) in [7, 11) is 0. The highest BCUT2D eigenvalue weighted by atomic mass is 16.3. The largest absolute Gasteiger partial charge is 0.468 e. The highest BCUT2D eigenvalue weighted by Gasteiger charge is 2.08. The molecule has 0 aliphatic rings. The van der Waals surface area contributed by atoms with E-state index in [4.69, 9.17) is 4.42 Å². The Morgan fingerprint density at radius 2 is 2.05 bits per heavy atom. The van der Waals surface area contributed by atoms with Gasteiger partial charge in [0.05, 0.1) is 18.9 Å². The van der Waals surface area contributed by atoms with Crippen molar-refractivity contribution in [1.82, 2.24) is 5.32 Å². The lowest BCUT2D eigenvalue weighted by Gasteiger charge is -2.12. The Balaban J connectivity index is 1.81. The van der Waals surface area contributed by atoms with Crippen molar-refractivity contribution in [3.8, 4) is 0 Å². The van der Waals surface area contributed by atoms with Crippen molar-refractivity contribution < 1.29 is 14.3 Å². The lowest BCUT2D eigenvalue weighted by molar-refractivity contribution is -0.115. The van der Waals surface area contributed by atoms with Gasteiger partial charge in [0, 0.05) is 18.7 Å². The van der Waals surface area contributed by atoms with Gasteiger partial charge in [0.2, 0.25) is 5.91 Å². The van der Waals surface area contributed by atoms with Crippen LogP contribution in [-0.2, 0) is 11.3 Å². The smallest absolute Gasteiger partial charge is 0.224 e. The molecule has 1 aromatic carbocycles. The number of hydrogen-bond acceptors (Lipinski definition) is 4. The molecule has 0 fully saturated rings. The Morgan fingerprint density at radius 3 is 2.67 bits per heavy atom. The van der Waals surface area contributed by atoms with E-state index in [0.717, 1.165) is 17.0 Å². The van der Waals surface area contributed by atoms with Crippen LogP contribution in [0.3, 0.4) is 0 Å². The van der Waals surface area contributed by atoms with Crippen LogP contribution < -0.4 is 10.6 Å². The number of furan rings is 1. The molecular weight excluding hydrogens is 268 g/mol. The summed E-state index contributed by atoms with van der Waals surface area (Å²) >= 11 is 0. The first-order valence-electron chi connectivity index (χ1n) is 7.00.